The van der Waals surface area contributed by atoms with Crippen LogP contribution in [0.5, 0.6) is 5.75 Å². The Kier molecular flexibility index (Phi) is 3.20. The van der Waals surface area contributed by atoms with Gasteiger partial charge in [-0.2, -0.15) is 13.4 Å². The number of benzene rings is 2. The maximum Gasteiger partial charge on any atom is 0.145 e. The predicted molar refractivity (Wildman–Crippen MR) is 80.9 cm³/mol. The molecule has 0 radical (unpaired) electrons. The standard InChI is InChI=1S/C14H10N6OS/c1-2-4-14(13(3-1)20-9-15-18-19-20)21-8-10-5-6-11-12(7-10)17-22-16-11/h1-7,9H,8H2. The van der Waals surface area contributed by atoms with E-state index in [0.29, 0.717) is 12.4 Å². The molecule has 2 heterocycles. The maximum absolute atomic E-state index is 5.91. The van der Waals surface area contributed by atoms with Crippen LogP contribution in [0.3, 0.4) is 0 Å². The van der Waals surface area contributed by atoms with Crippen molar-refractivity contribution in [3.8, 4) is 11.4 Å². The molecule has 0 N–H and O–H groups in total. The molecule has 0 saturated carbocycles. The first-order valence-corrected chi connectivity index (χ1v) is 7.29. The summed E-state index contributed by atoms with van der Waals surface area (Å²) in [4.78, 5) is 0. The fourth-order valence-corrected chi connectivity index (χ4v) is 2.64. The van der Waals surface area contributed by atoms with E-state index in [2.05, 4.69) is 24.3 Å². The molecule has 0 aliphatic heterocycles. The molecule has 8 heteroatoms. The van der Waals surface area contributed by atoms with E-state index in [-0.39, 0.29) is 0 Å². The lowest BCUT2D eigenvalue weighted by molar-refractivity contribution is 0.304. The molecule has 0 fully saturated rings. The average Bonchev–Trinajstić information content (AvgIpc) is 3.24. The maximum atomic E-state index is 5.91. The third-order valence-electron chi connectivity index (χ3n) is 3.17. The topological polar surface area (TPSA) is 78.6 Å². The second-order valence-electron chi connectivity index (χ2n) is 4.60. The van der Waals surface area contributed by atoms with Crippen LogP contribution in [0.15, 0.2) is 48.8 Å². The number of nitrogens with zero attached hydrogens (tertiary/aromatic N) is 6. The van der Waals surface area contributed by atoms with Gasteiger partial charge in [0.05, 0.1) is 11.7 Å². The van der Waals surface area contributed by atoms with Gasteiger partial charge in [0.2, 0.25) is 0 Å². The van der Waals surface area contributed by atoms with Crippen molar-refractivity contribution in [3.63, 3.8) is 0 Å². The van der Waals surface area contributed by atoms with Crippen LogP contribution in [0.1, 0.15) is 5.56 Å². The molecule has 0 aliphatic rings. The summed E-state index contributed by atoms with van der Waals surface area (Å²) in [6.45, 7) is 0.437. The molecule has 0 bridgehead atoms. The van der Waals surface area contributed by atoms with Crippen molar-refractivity contribution in [2.24, 2.45) is 0 Å². The van der Waals surface area contributed by atoms with Crippen LogP contribution in [0, 0.1) is 0 Å². The number of ether oxygens (including phenoxy) is 1. The highest BCUT2D eigenvalue weighted by molar-refractivity contribution is 7.00. The van der Waals surface area contributed by atoms with Gasteiger partial charge in [0.15, 0.2) is 0 Å². The van der Waals surface area contributed by atoms with Gasteiger partial charge in [-0.25, -0.2) is 0 Å². The Morgan fingerprint density at radius 3 is 2.86 bits per heavy atom. The first-order valence-electron chi connectivity index (χ1n) is 6.56. The third kappa shape index (κ3) is 2.40. The van der Waals surface area contributed by atoms with Gasteiger partial charge in [0.1, 0.15) is 35.4 Å². The lowest BCUT2D eigenvalue weighted by Crippen LogP contribution is -2.02. The highest BCUT2D eigenvalue weighted by Gasteiger charge is 2.07. The molecule has 4 rings (SSSR count). The molecule has 4 aromatic rings. The second kappa shape index (κ2) is 5.49. The summed E-state index contributed by atoms with van der Waals surface area (Å²) in [6.07, 6.45) is 1.54. The van der Waals surface area contributed by atoms with Crippen molar-refractivity contribution in [1.29, 1.82) is 0 Å². The fourth-order valence-electron chi connectivity index (χ4n) is 2.12. The summed E-state index contributed by atoms with van der Waals surface area (Å²) in [7, 11) is 0. The van der Waals surface area contributed by atoms with Gasteiger partial charge in [-0.05, 0) is 40.3 Å². The highest BCUT2D eigenvalue weighted by atomic mass is 32.1. The molecule has 0 unspecified atom stereocenters. The van der Waals surface area contributed by atoms with Crippen molar-refractivity contribution >= 4 is 22.8 Å². The van der Waals surface area contributed by atoms with Gasteiger partial charge in [0.25, 0.3) is 0 Å². The van der Waals surface area contributed by atoms with Crippen LogP contribution in [0.4, 0.5) is 0 Å². The van der Waals surface area contributed by atoms with Gasteiger partial charge in [-0.3, -0.25) is 0 Å². The zero-order valence-electron chi connectivity index (χ0n) is 11.3. The molecular formula is C14H10N6OS. The predicted octanol–water partition coefficient (Wildman–Crippen LogP) is 2.25. The van der Waals surface area contributed by atoms with E-state index >= 15 is 0 Å². The molecule has 0 saturated heterocycles. The fraction of sp³-hybridized carbons (Fsp3) is 0.0714. The van der Waals surface area contributed by atoms with Crippen molar-refractivity contribution in [2.75, 3.05) is 0 Å². The van der Waals surface area contributed by atoms with Crippen LogP contribution < -0.4 is 4.74 Å². The molecule has 0 aliphatic carbocycles. The molecule has 2 aromatic heterocycles. The molecule has 108 valence electrons. The largest absolute Gasteiger partial charge is 0.487 e. The zero-order chi connectivity index (χ0) is 14.8. The number of aromatic nitrogens is 6. The van der Waals surface area contributed by atoms with E-state index < -0.39 is 0 Å². The minimum Gasteiger partial charge on any atom is -0.487 e. The van der Waals surface area contributed by atoms with Gasteiger partial charge < -0.3 is 4.74 Å². The lowest BCUT2D eigenvalue weighted by atomic mass is 10.2. The molecular weight excluding hydrogens is 300 g/mol. The normalized spacial score (nSPS) is 10.9. The Morgan fingerprint density at radius 1 is 1.05 bits per heavy atom. The van der Waals surface area contributed by atoms with Crippen molar-refractivity contribution in [2.45, 2.75) is 6.61 Å². The summed E-state index contributed by atoms with van der Waals surface area (Å²) >= 11 is 1.21. The van der Waals surface area contributed by atoms with E-state index in [0.717, 1.165) is 22.3 Å². The SMILES string of the molecule is c1ccc(-n2cnnn2)c(OCc2ccc3nsnc3c2)c1. The first-order chi connectivity index (χ1) is 10.9. The van der Waals surface area contributed by atoms with Crippen molar-refractivity contribution in [3.05, 3.63) is 54.4 Å². The minimum atomic E-state index is 0.437. The summed E-state index contributed by atoms with van der Waals surface area (Å²) in [6, 6.07) is 13.5. The van der Waals surface area contributed by atoms with E-state index in [1.165, 1.54) is 18.1 Å². The monoisotopic (exact) mass is 310 g/mol. The number of fused-ring (bicyclic) bond motifs is 1. The Bertz CT molecular complexity index is 905. The molecule has 22 heavy (non-hydrogen) atoms. The summed E-state index contributed by atoms with van der Waals surface area (Å²) < 4.78 is 15.9. The highest BCUT2D eigenvalue weighted by Crippen LogP contribution is 2.23. The minimum absolute atomic E-state index is 0.437. The van der Waals surface area contributed by atoms with Gasteiger partial charge in [-0.15, -0.1) is 5.10 Å². The number of hydrogen-bond acceptors (Lipinski definition) is 7. The van der Waals surface area contributed by atoms with E-state index in [9.17, 15) is 0 Å². The van der Waals surface area contributed by atoms with Crippen molar-refractivity contribution in [1.82, 2.24) is 29.0 Å². The average molecular weight is 310 g/mol. The Labute approximate surface area is 129 Å². The Hall–Kier alpha value is -2.87. The van der Waals surface area contributed by atoms with E-state index in [4.69, 9.17) is 4.74 Å². The summed E-state index contributed by atoms with van der Waals surface area (Å²) in [5.41, 5.74) is 3.62. The molecule has 0 atom stereocenters. The van der Waals surface area contributed by atoms with Gasteiger partial charge in [-0.1, -0.05) is 18.2 Å². The first kappa shape index (κ1) is 12.8. The molecule has 2 aromatic carbocycles. The van der Waals surface area contributed by atoms with Crippen LogP contribution in [-0.4, -0.2) is 29.0 Å². The number of rotatable bonds is 4. The van der Waals surface area contributed by atoms with Crippen LogP contribution in [0.25, 0.3) is 16.7 Å². The van der Waals surface area contributed by atoms with Crippen LogP contribution in [0.2, 0.25) is 0 Å². The van der Waals surface area contributed by atoms with E-state index in [1.807, 2.05) is 42.5 Å². The van der Waals surface area contributed by atoms with Gasteiger partial charge in [0, 0.05) is 0 Å². The third-order valence-corrected chi connectivity index (χ3v) is 3.73. The Balaban J connectivity index is 1.59. The van der Waals surface area contributed by atoms with Crippen molar-refractivity contribution < 1.29 is 4.74 Å². The molecule has 7 nitrogen and oxygen atoms in total. The van der Waals surface area contributed by atoms with Gasteiger partial charge >= 0.3 is 0 Å². The second-order valence-corrected chi connectivity index (χ2v) is 5.13. The number of para-hydroxylation sites is 2. The number of hydrogen-bond donors (Lipinski definition) is 0. The molecule has 0 spiro atoms. The quantitative estimate of drug-likeness (QED) is 0.575. The molecule has 0 amide bonds. The Morgan fingerprint density at radius 2 is 1.95 bits per heavy atom. The van der Waals surface area contributed by atoms with E-state index in [1.54, 1.807) is 4.68 Å². The van der Waals surface area contributed by atoms with Crippen LogP contribution >= 0.6 is 11.7 Å². The number of tetrazole rings is 1. The summed E-state index contributed by atoms with van der Waals surface area (Å²) in [5.74, 6) is 0.714. The van der Waals surface area contributed by atoms with Crippen LogP contribution in [-0.2, 0) is 6.61 Å². The lowest BCUT2D eigenvalue weighted by Gasteiger charge is -2.10. The summed E-state index contributed by atoms with van der Waals surface area (Å²) in [5, 5.41) is 11.2. The smallest absolute Gasteiger partial charge is 0.145 e. The zero-order valence-corrected chi connectivity index (χ0v) is 12.1.